The van der Waals surface area contributed by atoms with Crippen molar-refractivity contribution in [1.82, 2.24) is 36.4 Å². The molecule has 0 saturated heterocycles. The zero-order valence-corrected chi connectivity index (χ0v) is 47.2. The van der Waals surface area contributed by atoms with Crippen molar-refractivity contribution in [3.63, 3.8) is 0 Å². The van der Waals surface area contributed by atoms with Crippen LogP contribution in [-0.4, -0.2) is 163 Å². The molecular formula is C54H111N7O10. The summed E-state index contributed by atoms with van der Waals surface area (Å²) in [5.74, 6) is -2.13. The van der Waals surface area contributed by atoms with Gasteiger partial charge in [0.05, 0.1) is 13.2 Å². The van der Waals surface area contributed by atoms with E-state index in [1.54, 1.807) is 11.9 Å². The number of hydrogen-bond donors (Lipinski definition) is 7. The van der Waals surface area contributed by atoms with Gasteiger partial charge in [-0.1, -0.05) is 92.9 Å². The Hall–Kier alpha value is -3.64. The molecule has 0 spiro atoms. The fourth-order valence-corrected chi connectivity index (χ4v) is 6.11. The third-order valence-corrected chi connectivity index (χ3v) is 10.3. The molecule has 2 amide bonds. The number of carbonyl (C=O) groups is 6. The number of carboxylic acids is 2. The maximum Gasteiger partial charge on any atom is 0.328 e. The number of carbonyl (C=O) groups excluding carboxylic acids is 4. The third-order valence-electron chi connectivity index (χ3n) is 10.3. The summed E-state index contributed by atoms with van der Waals surface area (Å²) in [4.78, 5) is 69.1. The smallest absolute Gasteiger partial charge is 0.328 e. The van der Waals surface area contributed by atoms with Crippen molar-refractivity contribution in [2.45, 2.75) is 196 Å². The van der Waals surface area contributed by atoms with Crippen molar-refractivity contribution in [3.8, 4) is 0 Å². The van der Waals surface area contributed by atoms with E-state index in [4.69, 9.17) is 19.7 Å². The normalized spacial score (nSPS) is 10.3. The van der Waals surface area contributed by atoms with E-state index in [-0.39, 0.29) is 30.2 Å². The molecule has 0 rings (SSSR count). The van der Waals surface area contributed by atoms with Crippen molar-refractivity contribution in [2.75, 3.05) is 107 Å². The highest BCUT2D eigenvalue weighted by atomic mass is 16.5. The van der Waals surface area contributed by atoms with Crippen molar-refractivity contribution >= 4 is 35.7 Å². The van der Waals surface area contributed by atoms with Gasteiger partial charge < -0.3 is 56.1 Å². The first kappa shape index (κ1) is 76.3. The molecule has 0 bridgehead atoms. The van der Waals surface area contributed by atoms with Crippen LogP contribution in [-0.2, 0) is 38.2 Å². The maximum atomic E-state index is 11.7. The van der Waals surface area contributed by atoms with E-state index in [1.165, 1.54) is 56.3 Å². The third kappa shape index (κ3) is 75.4. The number of nitrogens with zero attached hydrogens (tertiary/aromatic N) is 2. The first-order chi connectivity index (χ1) is 34.2. The molecule has 7 N–H and O–H groups in total. The molecule has 0 aromatic rings. The monoisotopic (exact) mass is 1020 g/mol. The van der Waals surface area contributed by atoms with Gasteiger partial charge in [-0.2, -0.15) is 0 Å². The van der Waals surface area contributed by atoms with Crippen LogP contribution >= 0.6 is 0 Å². The molecule has 0 aromatic heterocycles. The summed E-state index contributed by atoms with van der Waals surface area (Å²) in [5.41, 5.74) is 0. The van der Waals surface area contributed by atoms with Crippen LogP contribution in [0.3, 0.4) is 0 Å². The van der Waals surface area contributed by atoms with E-state index in [2.05, 4.69) is 61.2 Å². The molecule has 17 heteroatoms. The highest BCUT2D eigenvalue weighted by Gasteiger charge is 2.08. The molecule has 0 aliphatic carbocycles. The number of aliphatic carboxylic acids is 2. The minimum absolute atomic E-state index is 0.0738. The molecular weight excluding hydrogens is 907 g/mol. The predicted octanol–water partition coefficient (Wildman–Crippen LogP) is 8.35. The summed E-state index contributed by atoms with van der Waals surface area (Å²) in [6, 6.07) is 0. The lowest BCUT2D eigenvalue weighted by Crippen LogP contribution is -2.34. The zero-order valence-electron chi connectivity index (χ0n) is 47.2. The average Bonchev–Trinajstić information content (AvgIpc) is 3.34. The van der Waals surface area contributed by atoms with Crippen LogP contribution in [0.25, 0.3) is 0 Å². The minimum atomic E-state index is -1.10. The lowest BCUT2D eigenvalue weighted by molar-refractivity contribution is -0.144. The van der Waals surface area contributed by atoms with E-state index in [0.29, 0.717) is 45.4 Å². The van der Waals surface area contributed by atoms with E-state index in [0.717, 1.165) is 142 Å². The minimum Gasteiger partial charge on any atom is -0.481 e. The van der Waals surface area contributed by atoms with Crippen LogP contribution in [0.1, 0.15) is 196 Å². The highest BCUT2D eigenvalue weighted by molar-refractivity contribution is 5.93. The average molecular weight is 1020 g/mol. The van der Waals surface area contributed by atoms with Gasteiger partial charge in [-0.05, 0) is 104 Å². The fourth-order valence-electron chi connectivity index (χ4n) is 6.11. The Morgan fingerprint density at radius 2 is 0.817 bits per heavy atom. The number of ether oxygens (including phenoxy) is 2. The van der Waals surface area contributed by atoms with Gasteiger partial charge in [0.15, 0.2) is 0 Å². The molecule has 0 heterocycles. The number of rotatable bonds is 43. The quantitative estimate of drug-likeness (QED) is 0.0173. The molecule has 0 radical (unpaired) electrons. The van der Waals surface area contributed by atoms with Crippen LogP contribution in [0.5, 0.6) is 0 Å². The van der Waals surface area contributed by atoms with Gasteiger partial charge in [0, 0.05) is 104 Å². The van der Waals surface area contributed by atoms with Gasteiger partial charge in [-0.25, -0.2) is 4.79 Å². The second-order valence-corrected chi connectivity index (χ2v) is 17.5. The molecule has 422 valence electrons. The molecule has 0 saturated carbocycles. The standard InChI is InChI=1S/C18H35NO3.C14H26O4.C10H26N4.C8H13NO3.C4H11N/c1-4-6-7-8-11-14-18(21)22-16-12-9-10-13-17(20)19(3)15-5-2;1-2-3-4-5-8-11-14(17)18-12-9-6-7-10-13(15)16;1-3-4-12-7-8-14-10-9-13-6-5-11-2;1-3-6-9(2)7(10)4-5-8(11)12;1-3-4-5-2/h4-16H2,1-3H3;2-12H2,1H3,(H,15,16);11-14H,3-10H2,1-2H3;4-5H,3,6H2,1-2H3,(H,11,12);5H,3-4H2,1-2H3. The Morgan fingerprint density at radius 3 is 1.21 bits per heavy atom. The van der Waals surface area contributed by atoms with Gasteiger partial charge in [0.2, 0.25) is 11.8 Å². The van der Waals surface area contributed by atoms with Crippen LogP contribution < -0.4 is 26.6 Å². The number of likely N-dealkylation sites (N-methyl/N-ethyl adjacent to an activating group) is 2. The van der Waals surface area contributed by atoms with Crippen LogP contribution in [0.4, 0.5) is 0 Å². The van der Waals surface area contributed by atoms with Crippen molar-refractivity contribution in [1.29, 1.82) is 0 Å². The number of hydrogen-bond acceptors (Lipinski definition) is 13. The highest BCUT2D eigenvalue weighted by Crippen LogP contribution is 2.08. The second kappa shape index (κ2) is 66.4. The van der Waals surface area contributed by atoms with Crippen molar-refractivity contribution in [3.05, 3.63) is 12.2 Å². The summed E-state index contributed by atoms with van der Waals surface area (Å²) < 4.78 is 10.3. The first-order valence-electron chi connectivity index (χ1n) is 27.5. The van der Waals surface area contributed by atoms with E-state index in [1.807, 2.05) is 28.1 Å². The van der Waals surface area contributed by atoms with Gasteiger partial charge in [-0.15, -0.1) is 0 Å². The van der Waals surface area contributed by atoms with E-state index < -0.39 is 11.9 Å². The molecule has 17 nitrogen and oxygen atoms in total. The predicted molar refractivity (Wildman–Crippen MR) is 293 cm³/mol. The van der Waals surface area contributed by atoms with Crippen molar-refractivity contribution < 1.29 is 48.5 Å². The molecule has 0 fully saturated rings. The van der Waals surface area contributed by atoms with E-state index >= 15 is 0 Å². The Morgan fingerprint density at radius 1 is 0.423 bits per heavy atom. The molecule has 0 unspecified atom stereocenters. The maximum absolute atomic E-state index is 11.7. The van der Waals surface area contributed by atoms with Crippen LogP contribution in [0.15, 0.2) is 12.2 Å². The van der Waals surface area contributed by atoms with Crippen molar-refractivity contribution in [2.24, 2.45) is 0 Å². The Bertz CT molecular complexity index is 1200. The molecule has 0 aliphatic rings. The number of esters is 2. The Balaban J connectivity index is -0.000000269. The summed E-state index contributed by atoms with van der Waals surface area (Å²) in [6.07, 6.45) is 24.3. The molecule has 0 aliphatic heterocycles. The van der Waals surface area contributed by atoms with Gasteiger partial charge in [0.25, 0.3) is 0 Å². The largest absolute Gasteiger partial charge is 0.481 e. The lowest BCUT2D eigenvalue weighted by atomic mass is 10.1. The zero-order chi connectivity index (χ0) is 54.4. The lowest BCUT2D eigenvalue weighted by Gasteiger charge is -2.15. The second-order valence-electron chi connectivity index (χ2n) is 17.5. The summed E-state index contributed by atoms with van der Waals surface area (Å²) in [7, 11) is 7.43. The first-order valence-corrected chi connectivity index (χ1v) is 27.5. The number of amides is 2. The number of nitrogens with one attached hydrogen (secondary N) is 5. The molecule has 0 atom stereocenters. The van der Waals surface area contributed by atoms with Crippen LogP contribution in [0.2, 0.25) is 0 Å². The Kier molecular flexibility index (Phi) is 71.3. The fraction of sp³-hybridized carbons (Fsp3) is 0.852. The number of unbranched alkanes of at least 4 members (excludes halogenated alkanes) is 12. The topological polar surface area (TPSA) is 228 Å². The summed E-state index contributed by atoms with van der Waals surface area (Å²) in [5, 5.41) is 32.8. The van der Waals surface area contributed by atoms with Gasteiger partial charge >= 0.3 is 23.9 Å². The molecule has 71 heavy (non-hydrogen) atoms. The van der Waals surface area contributed by atoms with E-state index in [9.17, 15) is 28.8 Å². The van der Waals surface area contributed by atoms with Gasteiger partial charge in [0.1, 0.15) is 0 Å². The van der Waals surface area contributed by atoms with Crippen LogP contribution in [0, 0.1) is 0 Å². The summed E-state index contributed by atoms with van der Waals surface area (Å²) in [6.45, 7) is 23.7. The van der Waals surface area contributed by atoms with Gasteiger partial charge in [-0.3, -0.25) is 24.0 Å². The molecule has 0 aromatic carbocycles. The summed E-state index contributed by atoms with van der Waals surface area (Å²) >= 11 is 0. The number of carboxylic acid groups (broad SMARTS) is 2. The SMILES string of the molecule is CCCCCCCC(=O)OCCCCCC(=O)N(C)CCC.CCCCCCCC(=O)OCCCCCC(=O)O.CCCN(C)C(=O)C=CC(=O)O.CCCNC.CCCNCCNCCNCCNC. The Labute approximate surface area is 433 Å².